The van der Waals surface area contributed by atoms with Gasteiger partial charge in [0.05, 0.1) is 5.75 Å². The Bertz CT molecular complexity index is 463. The van der Waals surface area contributed by atoms with E-state index in [0.29, 0.717) is 0 Å². The molecule has 0 saturated heterocycles. The van der Waals surface area contributed by atoms with E-state index in [0.717, 1.165) is 11.8 Å². The predicted molar refractivity (Wildman–Crippen MR) is 50.0 cm³/mol. The number of thioether (sulfide) groups is 1. The lowest BCUT2D eigenvalue weighted by atomic mass is 10.8. The molecule has 0 atom stereocenters. The molecular formula is C6H8N4O3S. The quantitative estimate of drug-likeness (QED) is 0.450. The van der Waals surface area contributed by atoms with Gasteiger partial charge in [-0.25, -0.2) is 0 Å². The molecule has 0 saturated carbocycles. The maximum atomic E-state index is 10.8. The lowest BCUT2D eigenvalue weighted by Crippen LogP contribution is -2.34. The Kier molecular flexibility index (Phi) is 3.07. The van der Waals surface area contributed by atoms with Crippen molar-refractivity contribution in [3.63, 3.8) is 0 Å². The first-order valence-corrected chi connectivity index (χ1v) is 4.57. The van der Waals surface area contributed by atoms with Gasteiger partial charge in [-0.3, -0.25) is 24.2 Å². The third kappa shape index (κ3) is 2.46. The highest BCUT2D eigenvalue weighted by atomic mass is 32.2. The summed E-state index contributed by atoms with van der Waals surface area (Å²) < 4.78 is 1.26. The summed E-state index contributed by atoms with van der Waals surface area (Å²) in [4.78, 5) is 35.5. The van der Waals surface area contributed by atoms with Crippen LogP contribution < -0.4 is 16.9 Å². The van der Waals surface area contributed by atoms with Gasteiger partial charge >= 0.3 is 11.1 Å². The van der Waals surface area contributed by atoms with E-state index >= 15 is 0 Å². The molecule has 0 unspecified atom stereocenters. The number of aromatic amines is 1. The number of nitrogens with two attached hydrogens (primary N) is 1. The highest BCUT2D eigenvalue weighted by Gasteiger charge is 2.05. The van der Waals surface area contributed by atoms with E-state index < -0.39 is 17.0 Å². The highest BCUT2D eigenvalue weighted by molar-refractivity contribution is 7.99. The number of carbonyl (C=O) groups excluding carboxylic acids is 1. The molecule has 14 heavy (non-hydrogen) atoms. The Hall–Kier alpha value is -1.57. The fraction of sp³-hybridized carbons (Fsp3) is 0.333. The zero-order chi connectivity index (χ0) is 10.7. The predicted octanol–water partition coefficient (Wildman–Crippen LogP) is -1.95. The first-order chi connectivity index (χ1) is 6.50. The Morgan fingerprint density at radius 3 is 2.86 bits per heavy atom. The molecule has 0 aliphatic rings. The summed E-state index contributed by atoms with van der Waals surface area (Å²) in [6, 6.07) is 0. The second-order valence-electron chi connectivity index (χ2n) is 2.45. The normalized spacial score (nSPS) is 10.1. The van der Waals surface area contributed by atoms with Gasteiger partial charge in [-0.05, 0) is 0 Å². The molecule has 0 aliphatic heterocycles. The second-order valence-corrected chi connectivity index (χ2v) is 3.40. The van der Waals surface area contributed by atoms with Crippen molar-refractivity contribution in [3.05, 3.63) is 20.7 Å². The van der Waals surface area contributed by atoms with Crippen LogP contribution >= 0.6 is 11.8 Å². The van der Waals surface area contributed by atoms with Gasteiger partial charge in [0.15, 0.2) is 5.16 Å². The minimum absolute atomic E-state index is 0.00627. The van der Waals surface area contributed by atoms with Crippen LogP contribution in [0.4, 0.5) is 0 Å². The Labute approximate surface area is 82.3 Å². The number of H-pyrrole nitrogens is 1. The number of aryl methyl sites for hydroxylation is 1. The molecule has 1 aromatic heterocycles. The molecule has 7 nitrogen and oxygen atoms in total. The second kappa shape index (κ2) is 4.09. The van der Waals surface area contributed by atoms with Crippen LogP contribution in [0.3, 0.4) is 0 Å². The summed E-state index contributed by atoms with van der Waals surface area (Å²) in [5, 5.41) is 2.49. The van der Waals surface area contributed by atoms with Crippen LogP contribution in [-0.4, -0.2) is 26.4 Å². The van der Waals surface area contributed by atoms with E-state index in [1.165, 1.54) is 11.7 Å². The SMILES string of the molecule is Cn1[nH]c(=O)c(=O)nc1SCC(N)=O. The smallest absolute Gasteiger partial charge is 0.339 e. The average Bonchev–Trinajstić information content (AvgIpc) is 2.09. The summed E-state index contributed by atoms with van der Waals surface area (Å²) >= 11 is 0.985. The fourth-order valence-electron chi connectivity index (χ4n) is 0.725. The van der Waals surface area contributed by atoms with Crippen molar-refractivity contribution < 1.29 is 4.79 Å². The van der Waals surface area contributed by atoms with Crippen molar-refractivity contribution in [2.45, 2.75) is 5.16 Å². The average molecular weight is 216 g/mol. The van der Waals surface area contributed by atoms with Crippen molar-refractivity contribution >= 4 is 17.7 Å². The van der Waals surface area contributed by atoms with Crippen molar-refractivity contribution in [1.82, 2.24) is 14.8 Å². The van der Waals surface area contributed by atoms with E-state index in [-0.39, 0.29) is 10.9 Å². The lowest BCUT2D eigenvalue weighted by Gasteiger charge is -2.03. The third-order valence-corrected chi connectivity index (χ3v) is 2.34. The number of carbonyl (C=O) groups is 1. The largest absolute Gasteiger partial charge is 0.369 e. The van der Waals surface area contributed by atoms with Gasteiger partial charge in [0.25, 0.3) is 0 Å². The summed E-state index contributed by atoms with van der Waals surface area (Å²) in [5.74, 6) is -0.512. The molecular weight excluding hydrogens is 208 g/mol. The monoisotopic (exact) mass is 216 g/mol. The number of hydrogen-bond donors (Lipinski definition) is 2. The van der Waals surface area contributed by atoms with Crippen molar-refractivity contribution in [3.8, 4) is 0 Å². The molecule has 0 fully saturated rings. The van der Waals surface area contributed by atoms with Crippen molar-refractivity contribution in [2.24, 2.45) is 12.8 Å². The van der Waals surface area contributed by atoms with Crippen LogP contribution in [0.2, 0.25) is 0 Å². The van der Waals surface area contributed by atoms with Gasteiger partial charge < -0.3 is 5.73 Å². The Balaban J connectivity index is 2.98. The third-order valence-electron chi connectivity index (χ3n) is 1.29. The summed E-state index contributed by atoms with van der Waals surface area (Å²) in [5.41, 5.74) is 3.24. The lowest BCUT2D eigenvalue weighted by molar-refractivity contribution is -0.115. The van der Waals surface area contributed by atoms with E-state index in [9.17, 15) is 14.4 Å². The van der Waals surface area contributed by atoms with Crippen molar-refractivity contribution in [2.75, 3.05) is 5.75 Å². The standard InChI is InChI=1S/C6H8N4O3S/c1-10-6(14-2-3(7)11)8-4(12)5(13)9-10/h2H2,1H3,(H2,7,11)(H,9,13). The minimum Gasteiger partial charge on any atom is -0.369 e. The number of nitrogens with one attached hydrogen (secondary N) is 1. The van der Waals surface area contributed by atoms with Crippen molar-refractivity contribution in [1.29, 1.82) is 0 Å². The van der Waals surface area contributed by atoms with E-state index in [4.69, 9.17) is 5.73 Å². The summed E-state index contributed by atoms with van der Waals surface area (Å²) in [6.45, 7) is 0. The molecule has 3 N–H and O–H groups in total. The molecule has 1 heterocycles. The molecule has 1 amide bonds. The number of amides is 1. The van der Waals surface area contributed by atoms with Gasteiger partial charge in [0.1, 0.15) is 0 Å². The number of nitrogens with zero attached hydrogens (tertiary/aromatic N) is 2. The molecule has 0 bridgehead atoms. The maximum Gasteiger partial charge on any atom is 0.339 e. The molecule has 8 heteroatoms. The van der Waals surface area contributed by atoms with Gasteiger partial charge in [0.2, 0.25) is 5.91 Å². The van der Waals surface area contributed by atoms with Gasteiger partial charge in [-0.15, -0.1) is 0 Å². The Morgan fingerprint density at radius 2 is 2.29 bits per heavy atom. The fourth-order valence-corrected chi connectivity index (χ4v) is 1.38. The number of hydrogen-bond acceptors (Lipinski definition) is 5. The van der Waals surface area contributed by atoms with Crippen LogP contribution in [0, 0.1) is 0 Å². The van der Waals surface area contributed by atoms with E-state index in [1.54, 1.807) is 0 Å². The van der Waals surface area contributed by atoms with Crippen LogP contribution in [0.25, 0.3) is 0 Å². The van der Waals surface area contributed by atoms with Gasteiger partial charge in [-0.2, -0.15) is 4.98 Å². The van der Waals surface area contributed by atoms with Gasteiger partial charge in [-0.1, -0.05) is 11.8 Å². The molecule has 0 spiro atoms. The number of primary amides is 1. The maximum absolute atomic E-state index is 10.8. The van der Waals surface area contributed by atoms with Crippen LogP contribution in [0.5, 0.6) is 0 Å². The Morgan fingerprint density at radius 1 is 1.64 bits per heavy atom. The molecule has 1 aromatic rings. The summed E-state index contributed by atoms with van der Waals surface area (Å²) in [7, 11) is 1.51. The van der Waals surface area contributed by atoms with Crippen LogP contribution in [0.1, 0.15) is 0 Å². The van der Waals surface area contributed by atoms with Gasteiger partial charge in [0, 0.05) is 7.05 Å². The number of aromatic nitrogens is 3. The first-order valence-electron chi connectivity index (χ1n) is 3.59. The topological polar surface area (TPSA) is 111 Å². The molecule has 0 aliphatic carbocycles. The van der Waals surface area contributed by atoms with Crippen LogP contribution in [0.15, 0.2) is 14.7 Å². The molecule has 0 radical (unpaired) electrons. The first kappa shape index (κ1) is 10.5. The van der Waals surface area contributed by atoms with Crippen LogP contribution in [-0.2, 0) is 11.8 Å². The highest BCUT2D eigenvalue weighted by Crippen LogP contribution is 2.09. The zero-order valence-electron chi connectivity index (χ0n) is 7.31. The minimum atomic E-state index is -0.880. The molecule has 76 valence electrons. The summed E-state index contributed by atoms with van der Waals surface area (Å²) in [6.07, 6.45) is 0. The van der Waals surface area contributed by atoms with E-state index in [1.807, 2.05) is 0 Å². The van der Waals surface area contributed by atoms with E-state index in [2.05, 4.69) is 10.1 Å². The molecule has 0 aromatic carbocycles. The zero-order valence-corrected chi connectivity index (χ0v) is 8.13. The molecule has 1 rings (SSSR count). The number of rotatable bonds is 3.